The van der Waals surface area contributed by atoms with Crippen molar-refractivity contribution in [3.63, 3.8) is 0 Å². The molecule has 1 fully saturated rings. The molecule has 2 unspecified atom stereocenters. The fraction of sp³-hybridized carbons (Fsp3) is 0.933. The molecule has 0 aliphatic carbocycles. The Morgan fingerprint density at radius 1 is 1.44 bits per heavy atom. The highest BCUT2D eigenvalue weighted by molar-refractivity contribution is 5.78. The zero-order chi connectivity index (χ0) is 13.8. The van der Waals surface area contributed by atoms with Crippen molar-refractivity contribution < 1.29 is 4.79 Å². The molecule has 1 amide bonds. The van der Waals surface area contributed by atoms with Gasteiger partial charge in [-0.15, -0.1) is 0 Å². The molecule has 0 aromatic rings. The number of amides is 1. The molecule has 1 heterocycles. The number of likely N-dealkylation sites (tertiary alicyclic amines) is 1. The van der Waals surface area contributed by atoms with Crippen molar-refractivity contribution in [2.45, 2.75) is 59.4 Å². The molecule has 0 aromatic carbocycles. The Kier molecular flexibility index (Phi) is 5.64. The predicted octanol–water partition coefficient (Wildman–Crippen LogP) is 2.66. The quantitative estimate of drug-likeness (QED) is 0.790. The molecule has 1 rings (SSSR count). The maximum absolute atomic E-state index is 11.9. The van der Waals surface area contributed by atoms with Crippen LogP contribution in [0.1, 0.15) is 53.9 Å². The largest absolute Gasteiger partial charge is 0.342 e. The van der Waals surface area contributed by atoms with Crippen LogP contribution >= 0.6 is 0 Å². The maximum Gasteiger partial charge on any atom is 0.222 e. The van der Waals surface area contributed by atoms with Crippen molar-refractivity contribution in [3.05, 3.63) is 0 Å². The van der Waals surface area contributed by atoms with Crippen LogP contribution in [0.5, 0.6) is 0 Å². The van der Waals surface area contributed by atoms with Gasteiger partial charge in [0.15, 0.2) is 0 Å². The van der Waals surface area contributed by atoms with Crippen molar-refractivity contribution in [2.75, 3.05) is 19.6 Å². The summed E-state index contributed by atoms with van der Waals surface area (Å²) in [4.78, 5) is 14.0. The van der Waals surface area contributed by atoms with Gasteiger partial charge in [-0.2, -0.15) is 0 Å². The average Bonchev–Trinajstić information content (AvgIpc) is 2.56. The van der Waals surface area contributed by atoms with Gasteiger partial charge in [0.1, 0.15) is 0 Å². The molecule has 0 spiro atoms. The minimum atomic E-state index is 0.161. The molecule has 18 heavy (non-hydrogen) atoms. The lowest BCUT2D eigenvalue weighted by atomic mass is 10.0. The average molecular weight is 254 g/mol. The lowest BCUT2D eigenvalue weighted by Crippen LogP contribution is -2.41. The first-order valence-corrected chi connectivity index (χ1v) is 7.34. The molecular weight excluding hydrogens is 224 g/mol. The molecule has 1 saturated heterocycles. The zero-order valence-corrected chi connectivity index (χ0v) is 12.8. The summed E-state index contributed by atoms with van der Waals surface area (Å²) in [7, 11) is 0. The van der Waals surface area contributed by atoms with Crippen molar-refractivity contribution in [2.24, 2.45) is 11.8 Å². The van der Waals surface area contributed by atoms with E-state index in [0.717, 1.165) is 26.1 Å². The standard InChI is InChI=1S/C15H30N2O/c1-6-7-13-8-14(18)17(11-13)10-12(2)9-16-15(3,4)5/h12-13,16H,6-11H2,1-5H3. The number of rotatable bonds is 6. The number of nitrogens with zero attached hydrogens (tertiary/aromatic N) is 1. The molecule has 3 heteroatoms. The third-order valence-electron chi connectivity index (χ3n) is 3.50. The lowest BCUT2D eigenvalue weighted by Gasteiger charge is -2.26. The fourth-order valence-corrected chi connectivity index (χ4v) is 2.55. The van der Waals surface area contributed by atoms with Crippen molar-refractivity contribution in [3.8, 4) is 0 Å². The van der Waals surface area contributed by atoms with Crippen LogP contribution in [0.2, 0.25) is 0 Å². The summed E-state index contributed by atoms with van der Waals surface area (Å²) in [6, 6.07) is 0. The van der Waals surface area contributed by atoms with Crippen LogP contribution in [0.4, 0.5) is 0 Å². The summed E-state index contributed by atoms with van der Waals surface area (Å²) >= 11 is 0. The van der Waals surface area contributed by atoms with Crippen LogP contribution < -0.4 is 5.32 Å². The van der Waals surface area contributed by atoms with Crippen molar-refractivity contribution >= 4 is 5.91 Å². The Bertz CT molecular complexity index is 270. The zero-order valence-electron chi connectivity index (χ0n) is 12.8. The van der Waals surface area contributed by atoms with E-state index in [9.17, 15) is 4.79 Å². The number of carbonyl (C=O) groups excluding carboxylic acids is 1. The first-order valence-electron chi connectivity index (χ1n) is 7.34. The van der Waals surface area contributed by atoms with Gasteiger partial charge in [0.25, 0.3) is 0 Å². The molecule has 0 bridgehead atoms. The third kappa shape index (κ3) is 5.38. The van der Waals surface area contributed by atoms with Gasteiger partial charge < -0.3 is 10.2 Å². The second-order valence-corrected chi connectivity index (χ2v) is 6.89. The minimum Gasteiger partial charge on any atom is -0.342 e. The van der Waals surface area contributed by atoms with E-state index in [1.54, 1.807) is 0 Å². The Balaban J connectivity index is 2.32. The van der Waals surface area contributed by atoms with Gasteiger partial charge in [-0.25, -0.2) is 0 Å². The number of hydrogen-bond acceptors (Lipinski definition) is 2. The second-order valence-electron chi connectivity index (χ2n) is 6.89. The Morgan fingerprint density at radius 3 is 2.67 bits per heavy atom. The summed E-state index contributed by atoms with van der Waals surface area (Å²) in [6.45, 7) is 13.8. The molecular formula is C15H30N2O. The van der Waals surface area contributed by atoms with E-state index in [1.165, 1.54) is 12.8 Å². The normalized spacial score (nSPS) is 22.6. The maximum atomic E-state index is 11.9. The van der Waals surface area contributed by atoms with Crippen LogP contribution in [-0.2, 0) is 4.79 Å². The van der Waals surface area contributed by atoms with Crippen molar-refractivity contribution in [1.29, 1.82) is 0 Å². The minimum absolute atomic E-state index is 0.161. The van der Waals surface area contributed by atoms with Crippen LogP contribution in [0.3, 0.4) is 0 Å². The molecule has 1 aliphatic rings. The Labute approximate surface area is 112 Å². The number of carbonyl (C=O) groups is 1. The van der Waals surface area contributed by atoms with E-state index in [4.69, 9.17) is 0 Å². The molecule has 3 nitrogen and oxygen atoms in total. The lowest BCUT2D eigenvalue weighted by molar-refractivity contribution is -0.128. The molecule has 1 aliphatic heterocycles. The molecule has 1 N–H and O–H groups in total. The summed E-state index contributed by atoms with van der Waals surface area (Å²) < 4.78 is 0. The fourth-order valence-electron chi connectivity index (χ4n) is 2.55. The Morgan fingerprint density at radius 2 is 2.11 bits per heavy atom. The predicted molar refractivity (Wildman–Crippen MR) is 76.5 cm³/mol. The summed E-state index contributed by atoms with van der Waals surface area (Å²) in [6.07, 6.45) is 3.15. The molecule has 106 valence electrons. The molecule has 0 aromatic heterocycles. The van der Waals surface area contributed by atoms with E-state index in [0.29, 0.717) is 17.7 Å². The van der Waals surface area contributed by atoms with Gasteiger partial charge in [0.2, 0.25) is 5.91 Å². The van der Waals surface area contributed by atoms with Gasteiger partial charge in [-0.05, 0) is 45.6 Å². The van der Waals surface area contributed by atoms with Gasteiger partial charge in [-0.1, -0.05) is 20.3 Å². The van der Waals surface area contributed by atoms with E-state index in [1.807, 2.05) is 0 Å². The van der Waals surface area contributed by atoms with Crippen LogP contribution in [0, 0.1) is 11.8 Å². The summed E-state index contributed by atoms with van der Waals surface area (Å²) in [5.41, 5.74) is 0.161. The van der Waals surface area contributed by atoms with Crippen LogP contribution in [0.15, 0.2) is 0 Å². The monoisotopic (exact) mass is 254 g/mol. The molecule has 2 atom stereocenters. The van der Waals surface area contributed by atoms with Crippen molar-refractivity contribution in [1.82, 2.24) is 10.2 Å². The smallest absolute Gasteiger partial charge is 0.222 e. The first kappa shape index (κ1) is 15.5. The van der Waals surface area contributed by atoms with Gasteiger partial charge >= 0.3 is 0 Å². The third-order valence-corrected chi connectivity index (χ3v) is 3.50. The van der Waals surface area contributed by atoms with Crippen LogP contribution in [-0.4, -0.2) is 36.0 Å². The number of nitrogens with one attached hydrogen (secondary N) is 1. The van der Waals surface area contributed by atoms with E-state index < -0.39 is 0 Å². The van der Waals surface area contributed by atoms with Gasteiger partial charge in [0.05, 0.1) is 0 Å². The molecule has 0 saturated carbocycles. The highest BCUT2D eigenvalue weighted by Crippen LogP contribution is 2.22. The topological polar surface area (TPSA) is 32.3 Å². The SMILES string of the molecule is CCCC1CC(=O)N(CC(C)CNC(C)(C)C)C1. The summed E-state index contributed by atoms with van der Waals surface area (Å²) in [5, 5.41) is 3.51. The summed E-state index contributed by atoms with van der Waals surface area (Å²) in [5.74, 6) is 1.48. The second kappa shape index (κ2) is 6.55. The van der Waals surface area contributed by atoms with E-state index >= 15 is 0 Å². The number of hydrogen-bond donors (Lipinski definition) is 1. The Hall–Kier alpha value is -0.570. The van der Waals surface area contributed by atoms with Crippen LogP contribution in [0.25, 0.3) is 0 Å². The highest BCUT2D eigenvalue weighted by atomic mass is 16.2. The van der Waals surface area contributed by atoms with Gasteiger partial charge in [-0.3, -0.25) is 4.79 Å². The molecule has 0 radical (unpaired) electrons. The first-order chi connectivity index (χ1) is 8.31. The van der Waals surface area contributed by atoms with Gasteiger partial charge in [0, 0.05) is 25.0 Å². The van der Waals surface area contributed by atoms with E-state index in [-0.39, 0.29) is 5.54 Å². The highest BCUT2D eigenvalue weighted by Gasteiger charge is 2.29. The van der Waals surface area contributed by atoms with E-state index in [2.05, 4.69) is 44.8 Å².